The van der Waals surface area contributed by atoms with Crippen molar-refractivity contribution in [1.29, 1.82) is 0 Å². The molecule has 6 heteroatoms. The molecule has 1 heterocycles. The summed E-state index contributed by atoms with van der Waals surface area (Å²) in [5.74, 6) is 0.241. The summed E-state index contributed by atoms with van der Waals surface area (Å²) in [6.45, 7) is 3.47. The number of hydrogen-bond acceptors (Lipinski definition) is 3. The van der Waals surface area contributed by atoms with E-state index in [-0.39, 0.29) is 23.9 Å². The van der Waals surface area contributed by atoms with Crippen LogP contribution >= 0.6 is 11.6 Å². The zero-order valence-electron chi connectivity index (χ0n) is 15.2. The van der Waals surface area contributed by atoms with E-state index in [1.807, 2.05) is 24.3 Å². The summed E-state index contributed by atoms with van der Waals surface area (Å²) < 4.78 is 20.9. The molecule has 1 amide bonds. The number of rotatable bonds is 4. The van der Waals surface area contributed by atoms with Gasteiger partial charge in [-0.05, 0) is 62.2 Å². The maximum absolute atomic E-state index is 14.5. The van der Waals surface area contributed by atoms with Crippen LogP contribution in [0.25, 0.3) is 0 Å². The lowest BCUT2D eigenvalue weighted by Gasteiger charge is -2.30. The van der Waals surface area contributed by atoms with Crippen LogP contribution in [0.2, 0.25) is 5.02 Å². The predicted molar refractivity (Wildman–Crippen MR) is 104 cm³/mol. The van der Waals surface area contributed by atoms with Crippen molar-refractivity contribution in [2.45, 2.75) is 38.3 Å². The highest BCUT2D eigenvalue weighted by atomic mass is 35.5. The van der Waals surface area contributed by atoms with Crippen molar-refractivity contribution in [3.63, 3.8) is 0 Å². The van der Waals surface area contributed by atoms with Crippen molar-refractivity contribution < 1.29 is 13.9 Å². The Labute approximate surface area is 163 Å². The third-order valence-corrected chi connectivity index (χ3v) is 5.51. The van der Waals surface area contributed by atoms with Crippen LogP contribution in [-0.2, 0) is 11.2 Å². The van der Waals surface area contributed by atoms with E-state index in [0.717, 1.165) is 31.5 Å². The summed E-state index contributed by atoms with van der Waals surface area (Å²) in [7, 11) is 0. The largest absolute Gasteiger partial charge is 0.484 e. The number of fused-ring (bicyclic) bond motifs is 1. The number of carbonyl (C=O) groups excluding carboxylic acids is 1. The first kappa shape index (κ1) is 18.3. The van der Waals surface area contributed by atoms with E-state index < -0.39 is 0 Å². The number of nitrogens with zero attached hydrogens (tertiary/aromatic N) is 1. The van der Waals surface area contributed by atoms with E-state index in [1.165, 1.54) is 13.0 Å². The molecule has 1 aliphatic heterocycles. The molecule has 4 rings (SSSR count). The van der Waals surface area contributed by atoms with Gasteiger partial charge in [0.1, 0.15) is 17.7 Å². The van der Waals surface area contributed by atoms with Gasteiger partial charge in [-0.3, -0.25) is 9.69 Å². The highest BCUT2D eigenvalue weighted by Gasteiger charge is 2.40. The van der Waals surface area contributed by atoms with Gasteiger partial charge < -0.3 is 10.1 Å². The Kier molecular flexibility index (Phi) is 5.06. The predicted octanol–water partition coefficient (Wildman–Crippen LogP) is 4.58. The number of anilines is 1. The van der Waals surface area contributed by atoms with Crippen LogP contribution in [0.5, 0.6) is 5.75 Å². The number of hydrogen-bond donors (Lipinski definition) is 1. The van der Waals surface area contributed by atoms with Crippen LogP contribution in [0.3, 0.4) is 0 Å². The molecule has 2 atom stereocenters. The van der Waals surface area contributed by atoms with Crippen molar-refractivity contribution >= 4 is 23.2 Å². The number of nitrogens with one attached hydrogen (secondary N) is 1. The first-order valence-electron chi connectivity index (χ1n) is 9.27. The number of carbonyl (C=O) groups is 1. The van der Waals surface area contributed by atoms with E-state index in [4.69, 9.17) is 16.3 Å². The number of benzene rings is 2. The fraction of sp³-hybridized carbons (Fsp3) is 0.381. The fourth-order valence-electron chi connectivity index (χ4n) is 4.15. The maximum Gasteiger partial charge on any atom is 0.221 e. The third kappa shape index (κ3) is 3.80. The minimum atomic E-state index is -0.293. The second-order valence-corrected chi connectivity index (χ2v) is 7.65. The Morgan fingerprint density at radius 1 is 1.26 bits per heavy atom. The van der Waals surface area contributed by atoms with Crippen LogP contribution in [0.4, 0.5) is 10.1 Å². The monoisotopic (exact) mass is 388 g/mol. The van der Waals surface area contributed by atoms with E-state index in [0.29, 0.717) is 28.4 Å². The summed E-state index contributed by atoms with van der Waals surface area (Å²) >= 11 is 6.13. The van der Waals surface area contributed by atoms with Gasteiger partial charge in [-0.15, -0.1) is 0 Å². The molecule has 2 aliphatic rings. The first-order valence-corrected chi connectivity index (χ1v) is 9.65. The zero-order valence-corrected chi connectivity index (χ0v) is 15.9. The topological polar surface area (TPSA) is 41.6 Å². The molecule has 0 radical (unpaired) electrons. The second kappa shape index (κ2) is 7.49. The van der Waals surface area contributed by atoms with Crippen LogP contribution in [0, 0.1) is 5.82 Å². The number of halogens is 2. The first-order chi connectivity index (χ1) is 13.0. The molecule has 1 N–H and O–H groups in total. The van der Waals surface area contributed by atoms with Crippen LogP contribution in [-0.4, -0.2) is 29.9 Å². The van der Waals surface area contributed by atoms with Gasteiger partial charge in [0.2, 0.25) is 5.91 Å². The Morgan fingerprint density at radius 3 is 2.78 bits per heavy atom. The van der Waals surface area contributed by atoms with E-state index in [9.17, 15) is 9.18 Å². The Balaban J connectivity index is 1.67. The van der Waals surface area contributed by atoms with Crippen molar-refractivity contribution in [2.24, 2.45) is 0 Å². The van der Waals surface area contributed by atoms with Crippen molar-refractivity contribution in [1.82, 2.24) is 4.90 Å². The molecular weight excluding hydrogens is 367 g/mol. The van der Waals surface area contributed by atoms with Crippen molar-refractivity contribution in [3.8, 4) is 5.75 Å². The molecule has 2 aromatic carbocycles. The molecule has 0 unspecified atom stereocenters. The molecule has 142 valence electrons. The van der Waals surface area contributed by atoms with Gasteiger partial charge in [0, 0.05) is 29.3 Å². The molecule has 0 bridgehead atoms. The number of likely N-dealkylation sites (tertiary alicyclic amines) is 1. The standard InChI is InChI=1S/C21H22ClFN2O2/c1-13(26)24-15-5-4-6-16(11-15)27-21-18-9-14(22)10-19(23)17(18)12-20(21)25-7-2-3-8-25/h4-6,9-11,20-21H,2-3,7-8,12H2,1H3,(H,24,26)/t20-,21-/m1/s1. The normalized spacial score (nSPS) is 21.9. The molecule has 4 nitrogen and oxygen atoms in total. The summed E-state index contributed by atoms with van der Waals surface area (Å²) in [5.41, 5.74) is 2.19. The number of amides is 1. The van der Waals surface area contributed by atoms with Crippen LogP contribution in [0.1, 0.15) is 37.0 Å². The summed E-state index contributed by atoms with van der Waals surface area (Å²) in [6.07, 6.45) is 2.63. The van der Waals surface area contributed by atoms with Crippen molar-refractivity contribution in [3.05, 3.63) is 58.4 Å². The zero-order chi connectivity index (χ0) is 19.0. The summed E-state index contributed by atoms with van der Waals surface area (Å²) in [5, 5.41) is 3.15. The lowest BCUT2D eigenvalue weighted by Crippen LogP contribution is -2.38. The molecule has 27 heavy (non-hydrogen) atoms. The van der Waals surface area contributed by atoms with E-state index in [1.54, 1.807) is 6.07 Å². The Bertz CT molecular complexity index is 867. The molecule has 2 aromatic rings. The van der Waals surface area contributed by atoms with Gasteiger partial charge in [-0.1, -0.05) is 17.7 Å². The molecule has 1 aliphatic carbocycles. The smallest absolute Gasteiger partial charge is 0.221 e. The van der Waals surface area contributed by atoms with Crippen molar-refractivity contribution in [2.75, 3.05) is 18.4 Å². The van der Waals surface area contributed by atoms with Gasteiger partial charge in [-0.25, -0.2) is 4.39 Å². The van der Waals surface area contributed by atoms with Gasteiger partial charge in [-0.2, -0.15) is 0 Å². The maximum atomic E-state index is 14.5. The van der Waals surface area contributed by atoms with Crippen LogP contribution < -0.4 is 10.1 Å². The average molecular weight is 389 g/mol. The summed E-state index contributed by atoms with van der Waals surface area (Å²) in [6, 6.07) is 10.6. The fourth-order valence-corrected chi connectivity index (χ4v) is 4.36. The van der Waals surface area contributed by atoms with E-state index >= 15 is 0 Å². The van der Waals surface area contributed by atoms with Gasteiger partial charge in [0.25, 0.3) is 0 Å². The van der Waals surface area contributed by atoms with Gasteiger partial charge in [0.15, 0.2) is 0 Å². The lowest BCUT2D eigenvalue weighted by molar-refractivity contribution is -0.114. The Morgan fingerprint density at radius 2 is 2.04 bits per heavy atom. The molecule has 0 aromatic heterocycles. The molecular formula is C21H22ClFN2O2. The number of ether oxygens (including phenoxy) is 1. The van der Waals surface area contributed by atoms with Gasteiger partial charge in [0.05, 0.1) is 6.04 Å². The molecule has 1 fully saturated rings. The molecule has 0 saturated carbocycles. The Hall–Kier alpha value is -2.11. The lowest BCUT2D eigenvalue weighted by atomic mass is 10.1. The highest BCUT2D eigenvalue weighted by Crippen LogP contribution is 2.41. The minimum absolute atomic E-state index is 0.0832. The highest BCUT2D eigenvalue weighted by molar-refractivity contribution is 6.30. The molecule has 0 spiro atoms. The van der Waals surface area contributed by atoms with Crippen LogP contribution in [0.15, 0.2) is 36.4 Å². The second-order valence-electron chi connectivity index (χ2n) is 7.22. The third-order valence-electron chi connectivity index (χ3n) is 5.29. The molecule has 1 saturated heterocycles. The van der Waals surface area contributed by atoms with Gasteiger partial charge >= 0.3 is 0 Å². The minimum Gasteiger partial charge on any atom is -0.484 e. The SMILES string of the molecule is CC(=O)Nc1cccc(O[C@@H]2c3cc(Cl)cc(F)c3C[C@H]2N2CCCC2)c1. The van der Waals surface area contributed by atoms with E-state index in [2.05, 4.69) is 10.2 Å². The quantitative estimate of drug-likeness (QED) is 0.833. The summed E-state index contributed by atoms with van der Waals surface area (Å²) in [4.78, 5) is 13.7. The average Bonchev–Trinajstić information content (AvgIpc) is 3.23.